The lowest BCUT2D eigenvalue weighted by molar-refractivity contribution is 0.1000. The molecule has 0 atom stereocenters. The van der Waals surface area contributed by atoms with E-state index in [4.69, 9.17) is 5.73 Å². The van der Waals surface area contributed by atoms with Gasteiger partial charge in [0.15, 0.2) is 0 Å². The number of carbonyl (C=O) groups is 1. The predicted molar refractivity (Wildman–Crippen MR) is 97.7 cm³/mol. The van der Waals surface area contributed by atoms with Crippen LogP contribution in [0.3, 0.4) is 0 Å². The summed E-state index contributed by atoms with van der Waals surface area (Å²) in [7, 11) is -7.50. The number of anilines is 1. The SMILES string of the molecule is CCCNS(=O)(=O)c1ccc(NS(=O)(=O)c2ccc(C(N)=O)cc2)cc1. The molecule has 2 aromatic carbocycles. The highest BCUT2D eigenvalue weighted by molar-refractivity contribution is 7.92. The normalized spacial score (nSPS) is 11.9. The van der Waals surface area contributed by atoms with E-state index in [1.54, 1.807) is 0 Å². The van der Waals surface area contributed by atoms with Crippen molar-refractivity contribution >= 4 is 31.6 Å². The molecule has 0 heterocycles. The zero-order chi connectivity index (χ0) is 19.4. The highest BCUT2D eigenvalue weighted by Crippen LogP contribution is 2.19. The summed E-state index contributed by atoms with van der Waals surface area (Å²) in [5.74, 6) is -0.657. The second kappa shape index (κ2) is 7.85. The van der Waals surface area contributed by atoms with Gasteiger partial charge in [0.1, 0.15) is 0 Å². The van der Waals surface area contributed by atoms with E-state index >= 15 is 0 Å². The fraction of sp³-hybridized carbons (Fsp3) is 0.188. The monoisotopic (exact) mass is 397 g/mol. The first-order valence-corrected chi connectivity index (χ1v) is 10.6. The molecule has 4 N–H and O–H groups in total. The van der Waals surface area contributed by atoms with Gasteiger partial charge < -0.3 is 5.73 Å². The summed E-state index contributed by atoms with van der Waals surface area (Å²) < 4.78 is 53.5. The lowest BCUT2D eigenvalue weighted by Crippen LogP contribution is -2.24. The molecule has 26 heavy (non-hydrogen) atoms. The first-order valence-electron chi connectivity index (χ1n) is 7.68. The van der Waals surface area contributed by atoms with Crippen molar-refractivity contribution in [2.45, 2.75) is 23.1 Å². The quantitative estimate of drug-likeness (QED) is 0.616. The van der Waals surface area contributed by atoms with Crippen molar-refractivity contribution in [1.29, 1.82) is 0 Å². The molecule has 0 bridgehead atoms. The van der Waals surface area contributed by atoms with Gasteiger partial charge in [0.25, 0.3) is 10.0 Å². The van der Waals surface area contributed by atoms with Gasteiger partial charge in [-0.2, -0.15) is 0 Å². The van der Waals surface area contributed by atoms with Crippen molar-refractivity contribution in [2.24, 2.45) is 5.73 Å². The third kappa shape index (κ3) is 4.81. The molecule has 1 amide bonds. The largest absolute Gasteiger partial charge is 0.366 e. The Labute approximate surface area is 152 Å². The van der Waals surface area contributed by atoms with E-state index in [-0.39, 0.29) is 21.0 Å². The molecule has 0 aliphatic carbocycles. The molecule has 8 nitrogen and oxygen atoms in total. The van der Waals surface area contributed by atoms with Crippen LogP contribution in [0, 0.1) is 0 Å². The fourth-order valence-corrected chi connectivity index (χ4v) is 4.23. The number of rotatable bonds is 8. The van der Waals surface area contributed by atoms with Crippen LogP contribution in [0.15, 0.2) is 58.3 Å². The van der Waals surface area contributed by atoms with E-state index in [0.717, 1.165) is 0 Å². The molecule has 0 spiro atoms. The molecule has 0 unspecified atom stereocenters. The van der Waals surface area contributed by atoms with Gasteiger partial charge in [-0.05, 0) is 55.0 Å². The first-order chi connectivity index (χ1) is 12.2. The number of benzene rings is 2. The minimum atomic E-state index is -3.89. The summed E-state index contributed by atoms with van der Waals surface area (Å²) in [4.78, 5) is 11.0. The van der Waals surface area contributed by atoms with Crippen LogP contribution in [0.1, 0.15) is 23.7 Å². The number of amides is 1. The van der Waals surface area contributed by atoms with E-state index in [1.165, 1.54) is 48.5 Å². The Balaban J connectivity index is 2.18. The van der Waals surface area contributed by atoms with Crippen LogP contribution in [0.2, 0.25) is 0 Å². The first kappa shape index (κ1) is 19.9. The number of hydrogen-bond acceptors (Lipinski definition) is 5. The van der Waals surface area contributed by atoms with Crippen LogP contribution in [0.25, 0.3) is 0 Å². The van der Waals surface area contributed by atoms with E-state index in [0.29, 0.717) is 13.0 Å². The molecule has 0 radical (unpaired) electrons. The Morgan fingerprint density at radius 3 is 1.88 bits per heavy atom. The summed E-state index contributed by atoms with van der Waals surface area (Å²) in [6.45, 7) is 2.16. The van der Waals surface area contributed by atoms with Crippen molar-refractivity contribution in [3.8, 4) is 0 Å². The number of nitrogens with one attached hydrogen (secondary N) is 2. The highest BCUT2D eigenvalue weighted by atomic mass is 32.2. The van der Waals surface area contributed by atoms with Crippen LogP contribution < -0.4 is 15.2 Å². The number of hydrogen-bond donors (Lipinski definition) is 3. The maximum atomic E-state index is 12.3. The van der Waals surface area contributed by atoms with E-state index in [9.17, 15) is 21.6 Å². The number of sulfonamides is 2. The molecule has 0 saturated carbocycles. The Hall–Kier alpha value is -2.43. The Morgan fingerprint density at radius 1 is 0.885 bits per heavy atom. The van der Waals surface area contributed by atoms with E-state index in [1.807, 2.05) is 6.92 Å². The number of carbonyl (C=O) groups excluding carboxylic acids is 1. The lowest BCUT2D eigenvalue weighted by Gasteiger charge is -2.10. The lowest BCUT2D eigenvalue weighted by atomic mass is 10.2. The van der Waals surface area contributed by atoms with Gasteiger partial charge in [-0.3, -0.25) is 9.52 Å². The van der Waals surface area contributed by atoms with E-state index < -0.39 is 26.0 Å². The third-order valence-corrected chi connectivity index (χ3v) is 6.28. The third-order valence-electron chi connectivity index (χ3n) is 3.41. The van der Waals surface area contributed by atoms with Crippen molar-refractivity contribution in [2.75, 3.05) is 11.3 Å². The van der Waals surface area contributed by atoms with Crippen LogP contribution in [0.5, 0.6) is 0 Å². The maximum Gasteiger partial charge on any atom is 0.261 e. The Bertz CT molecular complexity index is 983. The van der Waals surface area contributed by atoms with Gasteiger partial charge in [0.05, 0.1) is 9.79 Å². The molecule has 10 heteroatoms. The van der Waals surface area contributed by atoms with Crippen LogP contribution >= 0.6 is 0 Å². The van der Waals surface area contributed by atoms with Gasteiger partial charge in [0.2, 0.25) is 15.9 Å². The van der Waals surface area contributed by atoms with Gasteiger partial charge in [-0.1, -0.05) is 6.92 Å². The molecule has 2 aromatic rings. The van der Waals surface area contributed by atoms with Crippen molar-refractivity contribution in [3.63, 3.8) is 0 Å². The van der Waals surface area contributed by atoms with Crippen LogP contribution in [-0.2, 0) is 20.0 Å². The van der Waals surface area contributed by atoms with Gasteiger partial charge >= 0.3 is 0 Å². The summed E-state index contributed by atoms with van der Waals surface area (Å²) in [6.07, 6.45) is 0.658. The molecular formula is C16H19N3O5S2. The van der Waals surface area contributed by atoms with Gasteiger partial charge in [-0.15, -0.1) is 0 Å². The molecule has 2 rings (SSSR count). The average Bonchev–Trinajstić information content (AvgIpc) is 2.60. The van der Waals surface area contributed by atoms with Crippen molar-refractivity contribution < 1.29 is 21.6 Å². The summed E-state index contributed by atoms with van der Waals surface area (Å²) in [6, 6.07) is 10.5. The Morgan fingerprint density at radius 2 is 1.38 bits per heavy atom. The zero-order valence-electron chi connectivity index (χ0n) is 14.0. The summed E-state index contributed by atoms with van der Waals surface area (Å²) in [5, 5.41) is 0. The van der Waals surface area contributed by atoms with Crippen molar-refractivity contribution in [1.82, 2.24) is 4.72 Å². The van der Waals surface area contributed by atoms with E-state index in [2.05, 4.69) is 9.44 Å². The van der Waals surface area contributed by atoms with Gasteiger partial charge in [-0.25, -0.2) is 21.6 Å². The molecule has 0 aromatic heterocycles. The fourth-order valence-electron chi connectivity index (χ4n) is 2.03. The van der Waals surface area contributed by atoms with Crippen LogP contribution in [-0.4, -0.2) is 29.3 Å². The highest BCUT2D eigenvalue weighted by Gasteiger charge is 2.16. The molecule has 0 aliphatic heterocycles. The predicted octanol–water partition coefficient (Wildman–Crippen LogP) is 1.27. The minimum Gasteiger partial charge on any atom is -0.366 e. The second-order valence-corrected chi connectivity index (χ2v) is 8.87. The number of primary amides is 1. The number of nitrogens with two attached hydrogens (primary N) is 1. The zero-order valence-corrected chi connectivity index (χ0v) is 15.6. The average molecular weight is 397 g/mol. The molecule has 0 saturated heterocycles. The van der Waals surface area contributed by atoms with Gasteiger partial charge in [0, 0.05) is 17.8 Å². The molecule has 0 fully saturated rings. The standard InChI is InChI=1S/C16H19N3O5S2/c1-2-11-18-25(21,22)14-9-5-13(6-10-14)19-26(23,24)15-7-3-12(4-8-15)16(17)20/h3-10,18-19H,2,11H2,1H3,(H2,17,20). The van der Waals surface area contributed by atoms with Crippen LogP contribution in [0.4, 0.5) is 5.69 Å². The summed E-state index contributed by atoms with van der Waals surface area (Å²) >= 11 is 0. The topological polar surface area (TPSA) is 135 Å². The molecular weight excluding hydrogens is 378 g/mol. The summed E-state index contributed by atoms with van der Waals surface area (Å²) in [5.41, 5.74) is 5.52. The molecule has 0 aliphatic rings. The minimum absolute atomic E-state index is 0.0414. The maximum absolute atomic E-state index is 12.3. The Kier molecular flexibility index (Phi) is 6.01. The second-order valence-electron chi connectivity index (χ2n) is 5.42. The molecule has 140 valence electrons. The van der Waals surface area contributed by atoms with Crippen molar-refractivity contribution in [3.05, 3.63) is 54.1 Å². The smallest absolute Gasteiger partial charge is 0.261 e.